The quantitative estimate of drug-likeness (QED) is 0.399. The fourth-order valence-electron chi connectivity index (χ4n) is 2.97. The molecule has 26 heavy (non-hydrogen) atoms. The molecule has 0 radical (unpaired) electrons. The van der Waals surface area contributed by atoms with Gasteiger partial charge < -0.3 is 9.47 Å². The molecule has 1 fully saturated rings. The number of hydrogen-bond donors (Lipinski definition) is 0. The summed E-state index contributed by atoms with van der Waals surface area (Å²) in [5.74, 6) is 1.53. The van der Waals surface area contributed by atoms with Gasteiger partial charge in [0.25, 0.3) is 0 Å². The van der Waals surface area contributed by atoms with Crippen LogP contribution in [0.5, 0.6) is 5.75 Å². The standard InChI is InChI=1S/C19H23N3O3S/c1-3-12-22-18(20-21-19(22)26-13-17(23)24-2)14-8-10-16(11-9-14)25-15-6-4-5-7-15/h3,8-11,15H,1,4-7,12-13H2,2H3. The minimum absolute atomic E-state index is 0.194. The van der Waals surface area contributed by atoms with Crippen LogP contribution in [-0.2, 0) is 16.1 Å². The number of benzene rings is 1. The summed E-state index contributed by atoms with van der Waals surface area (Å²) in [4.78, 5) is 11.4. The maximum atomic E-state index is 11.4. The van der Waals surface area contributed by atoms with Crippen LogP contribution in [0.2, 0.25) is 0 Å². The highest BCUT2D eigenvalue weighted by molar-refractivity contribution is 7.99. The van der Waals surface area contributed by atoms with E-state index in [1.807, 2.05) is 28.8 Å². The molecule has 0 spiro atoms. The monoisotopic (exact) mass is 373 g/mol. The summed E-state index contributed by atoms with van der Waals surface area (Å²) in [5, 5.41) is 9.17. The number of thioether (sulfide) groups is 1. The average Bonchev–Trinajstić information content (AvgIpc) is 3.31. The van der Waals surface area contributed by atoms with Gasteiger partial charge in [-0.15, -0.1) is 16.8 Å². The lowest BCUT2D eigenvalue weighted by Crippen LogP contribution is -2.10. The van der Waals surface area contributed by atoms with E-state index in [4.69, 9.17) is 4.74 Å². The Morgan fingerprint density at radius 2 is 2.04 bits per heavy atom. The van der Waals surface area contributed by atoms with Crippen molar-refractivity contribution in [3.8, 4) is 17.1 Å². The van der Waals surface area contributed by atoms with Gasteiger partial charge in [0.1, 0.15) is 5.75 Å². The summed E-state index contributed by atoms with van der Waals surface area (Å²) in [7, 11) is 1.37. The normalized spacial score (nSPS) is 14.3. The van der Waals surface area contributed by atoms with Crippen molar-refractivity contribution < 1.29 is 14.3 Å². The van der Waals surface area contributed by atoms with Gasteiger partial charge in [-0.05, 0) is 49.9 Å². The second-order valence-corrected chi connectivity index (χ2v) is 7.06. The van der Waals surface area contributed by atoms with E-state index >= 15 is 0 Å². The second kappa shape index (κ2) is 8.89. The summed E-state index contributed by atoms with van der Waals surface area (Å²) >= 11 is 1.30. The summed E-state index contributed by atoms with van der Waals surface area (Å²) in [6.45, 7) is 4.36. The van der Waals surface area contributed by atoms with Crippen molar-refractivity contribution in [3.63, 3.8) is 0 Å². The molecule has 0 N–H and O–H groups in total. The summed E-state index contributed by atoms with van der Waals surface area (Å²) < 4.78 is 12.6. The smallest absolute Gasteiger partial charge is 0.316 e. The molecule has 0 atom stereocenters. The van der Waals surface area contributed by atoms with Crippen molar-refractivity contribution in [1.29, 1.82) is 0 Å². The number of rotatable bonds is 8. The highest BCUT2D eigenvalue weighted by Crippen LogP contribution is 2.28. The van der Waals surface area contributed by atoms with E-state index in [1.165, 1.54) is 31.7 Å². The Kier molecular flexibility index (Phi) is 6.33. The molecule has 2 aromatic rings. The number of ether oxygens (including phenoxy) is 2. The van der Waals surface area contributed by atoms with Crippen molar-refractivity contribution in [2.75, 3.05) is 12.9 Å². The molecule has 7 heteroatoms. The summed E-state index contributed by atoms with van der Waals surface area (Å²) in [5.41, 5.74) is 0.947. The lowest BCUT2D eigenvalue weighted by Gasteiger charge is -2.13. The number of nitrogens with zero attached hydrogens (tertiary/aromatic N) is 3. The zero-order valence-electron chi connectivity index (χ0n) is 14.9. The lowest BCUT2D eigenvalue weighted by atomic mass is 10.2. The molecule has 0 aliphatic heterocycles. The van der Waals surface area contributed by atoms with E-state index in [-0.39, 0.29) is 11.7 Å². The molecule has 0 bridgehead atoms. The van der Waals surface area contributed by atoms with E-state index in [9.17, 15) is 4.79 Å². The number of methoxy groups -OCH3 is 1. The van der Waals surface area contributed by atoms with Crippen LogP contribution < -0.4 is 4.74 Å². The van der Waals surface area contributed by atoms with Crippen LogP contribution in [0.4, 0.5) is 0 Å². The van der Waals surface area contributed by atoms with Crippen molar-refractivity contribution in [2.24, 2.45) is 0 Å². The van der Waals surface area contributed by atoms with E-state index in [0.29, 0.717) is 17.8 Å². The van der Waals surface area contributed by atoms with Gasteiger partial charge in [0.15, 0.2) is 11.0 Å². The van der Waals surface area contributed by atoms with Crippen LogP contribution in [0, 0.1) is 0 Å². The number of carbonyl (C=O) groups excluding carboxylic acids is 1. The molecule has 1 aliphatic carbocycles. The van der Waals surface area contributed by atoms with E-state index < -0.39 is 0 Å². The Hall–Kier alpha value is -2.28. The van der Waals surface area contributed by atoms with Gasteiger partial charge in [0.05, 0.1) is 19.0 Å². The predicted molar refractivity (Wildman–Crippen MR) is 101 cm³/mol. The zero-order chi connectivity index (χ0) is 18.4. The Morgan fingerprint density at radius 1 is 1.31 bits per heavy atom. The summed E-state index contributed by atoms with van der Waals surface area (Å²) in [6, 6.07) is 7.93. The molecule has 138 valence electrons. The molecular weight excluding hydrogens is 350 g/mol. The van der Waals surface area contributed by atoms with Crippen molar-refractivity contribution in [1.82, 2.24) is 14.8 Å². The fourth-order valence-corrected chi connectivity index (χ4v) is 3.75. The third-order valence-corrected chi connectivity index (χ3v) is 5.23. The molecule has 1 aromatic carbocycles. The minimum Gasteiger partial charge on any atom is -0.490 e. The molecule has 1 aromatic heterocycles. The average molecular weight is 373 g/mol. The molecule has 1 aliphatic rings. The maximum Gasteiger partial charge on any atom is 0.316 e. The molecule has 1 heterocycles. The highest BCUT2D eigenvalue weighted by Gasteiger charge is 2.18. The Balaban J connectivity index is 1.75. The van der Waals surface area contributed by atoms with Crippen molar-refractivity contribution >= 4 is 17.7 Å². The van der Waals surface area contributed by atoms with E-state index in [1.54, 1.807) is 6.08 Å². The molecule has 3 rings (SSSR count). The second-order valence-electron chi connectivity index (χ2n) is 6.12. The van der Waals surface area contributed by atoms with Crippen LogP contribution in [0.15, 0.2) is 42.1 Å². The third kappa shape index (κ3) is 4.46. The van der Waals surface area contributed by atoms with Crippen LogP contribution >= 0.6 is 11.8 Å². The van der Waals surface area contributed by atoms with E-state index in [2.05, 4.69) is 21.5 Å². The van der Waals surface area contributed by atoms with Gasteiger partial charge in [-0.25, -0.2) is 0 Å². The third-order valence-electron chi connectivity index (χ3n) is 4.29. The predicted octanol–water partition coefficient (Wildman–Crippen LogP) is 3.72. The van der Waals surface area contributed by atoms with Gasteiger partial charge in [-0.3, -0.25) is 9.36 Å². The first-order valence-corrected chi connectivity index (χ1v) is 9.70. The first-order valence-electron chi connectivity index (χ1n) is 8.72. The van der Waals surface area contributed by atoms with Crippen LogP contribution in [0.25, 0.3) is 11.4 Å². The van der Waals surface area contributed by atoms with Gasteiger partial charge >= 0.3 is 5.97 Å². The number of esters is 1. The maximum absolute atomic E-state index is 11.4. The highest BCUT2D eigenvalue weighted by atomic mass is 32.2. The number of allylic oxidation sites excluding steroid dienone is 1. The largest absolute Gasteiger partial charge is 0.490 e. The van der Waals surface area contributed by atoms with Gasteiger partial charge in [-0.2, -0.15) is 0 Å². The van der Waals surface area contributed by atoms with Crippen molar-refractivity contribution in [2.45, 2.75) is 43.5 Å². The Labute approximate surface area is 157 Å². The number of carbonyl (C=O) groups is 1. The Bertz CT molecular complexity index is 752. The zero-order valence-corrected chi connectivity index (χ0v) is 15.7. The molecule has 6 nitrogen and oxygen atoms in total. The molecule has 0 saturated heterocycles. The lowest BCUT2D eigenvalue weighted by molar-refractivity contribution is -0.137. The Morgan fingerprint density at radius 3 is 2.69 bits per heavy atom. The minimum atomic E-state index is -0.293. The molecule has 0 amide bonds. The van der Waals surface area contributed by atoms with Crippen molar-refractivity contribution in [3.05, 3.63) is 36.9 Å². The first-order chi connectivity index (χ1) is 12.7. The molecule has 0 unspecified atom stereocenters. The summed E-state index contributed by atoms with van der Waals surface area (Å²) in [6.07, 6.45) is 6.89. The molecule has 1 saturated carbocycles. The van der Waals surface area contributed by atoms with E-state index in [0.717, 1.165) is 30.0 Å². The SMILES string of the molecule is C=CCn1c(SCC(=O)OC)nnc1-c1ccc(OC2CCCC2)cc1. The van der Waals surface area contributed by atoms with Crippen LogP contribution in [-0.4, -0.2) is 39.7 Å². The van der Waals surface area contributed by atoms with Gasteiger partial charge in [0.2, 0.25) is 0 Å². The number of aromatic nitrogens is 3. The van der Waals surface area contributed by atoms with Gasteiger partial charge in [0, 0.05) is 12.1 Å². The molecular formula is C19H23N3O3S. The number of hydrogen-bond acceptors (Lipinski definition) is 6. The topological polar surface area (TPSA) is 66.2 Å². The van der Waals surface area contributed by atoms with Crippen LogP contribution in [0.1, 0.15) is 25.7 Å². The first kappa shape index (κ1) is 18.5. The fraction of sp³-hybridized carbons (Fsp3) is 0.421. The van der Waals surface area contributed by atoms with Gasteiger partial charge in [-0.1, -0.05) is 17.8 Å². The van der Waals surface area contributed by atoms with Crippen LogP contribution in [0.3, 0.4) is 0 Å².